The van der Waals surface area contributed by atoms with Gasteiger partial charge in [0.25, 0.3) is 5.91 Å². The maximum Gasteiger partial charge on any atom is 0.264 e. The molecule has 0 fully saturated rings. The van der Waals surface area contributed by atoms with E-state index < -0.39 is 27.7 Å². The number of aryl methyl sites for hydroxylation is 1. The number of carbonyl (C=O) groups is 2. The van der Waals surface area contributed by atoms with Crippen LogP contribution in [0.15, 0.2) is 53.0 Å². The first-order valence-corrected chi connectivity index (χ1v) is 13.2. The van der Waals surface area contributed by atoms with E-state index in [-0.39, 0.29) is 39.6 Å². The molecule has 8 nitrogen and oxygen atoms in total. The Morgan fingerprint density at radius 1 is 1.17 bits per heavy atom. The summed E-state index contributed by atoms with van der Waals surface area (Å²) in [4.78, 5) is 24.6. The summed E-state index contributed by atoms with van der Waals surface area (Å²) in [5.74, 6) is -2.14. The lowest BCUT2D eigenvalue weighted by Crippen LogP contribution is -2.29. The minimum absolute atomic E-state index is 0.0510. The Morgan fingerprint density at radius 3 is 2.53 bits per heavy atom. The summed E-state index contributed by atoms with van der Waals surface area (Å²) in [5.41, 5.74) is 1.25. The number of hydrogen-bond donors (Lipinski definition) is 2. The van der Waals surface area contributed by atoms with E-state index in [1.165, 1.54) is 48.5 Å². The van der Waals surface area contributed by atoms with E-state index in [2.05, 4.69) is 21.2 Å². The van der Waals surface area contributed by atoms with Gasteiger partial charge in [0.15, 0.2) is 11.6 Å². The molecule has 3 rings (SSSR count). The average Bonchev–Trinajstić information content (AvgIpc) is 2.78. The Kier molecular flexibility index (Phi) is 8.35. The van der Waals surface area contributed by atoms with E-state index in [0.717, 1.165) is 6.26 Å². The van der Waals surface area contributed by atoms with Gasteiger partial charge in [-0.25, -0.2) is 17.5 Å². The highest BCUT2D eigenvalue weighted by atomic mass is 79.9. The number of rotatable bonds is 7. The van der Waals surface area contributed by atoms with Crippen molar-refractivity contribution in [2.75, 3.05) is 11.6 Å². The van der Waals surface area contributed by atoms with Crippen molar-refractivity contribution in [3.05, 3.63) is 86.1 Å². The fraction of sp³-hybridized carbons (Fsp3) is 0.125. The number of nitrogens with zero attached hydrogens (tertiary/aromatic N) is 1. The number of nitrogens with one attached hydrogen (secondary N) is 2. The van der Waals surface area contributed by atoms with Crippen LogP contribution < -0.4 is 14.8 Å². The summed E-state index contributed by atoms with van der Waals surface area (Å²) in [6.45, 7) is 1.62. The number of halogens is 3. The van der Waals surface area contributed by atoms with Crippen LogP contribution in [0.4, 0.5) is 10.1 Å². The van der Waals surface area contributed by atoms with Gasteiger partial charge in [-0.15, -0.1) is 0 Å². The molecule has 0 atom stereocenters. The minimum atomic E-state index is -3.72. The van der Waals surface area contributed by atoms with Gasteiger partial charge in [-0.3, -0.25) is 9.59 Å². The highest BCUT2D eigenvalue weighted by molar-refractivity contribution is 9.10. The maximum atomic E-state index is 15.2. The highest BCUT2D eigenvalue weighted by Gasteiger charge is 2.18. The number of ether oxygens (including phenoxy) is 1. The van der Waals surface area contributed by atoms with Crippen molar-refractivity contribution in [1.29, 1.82) is 5.26 Å². The fourth-order valence-electron chi connectivity index (χ4n) is 3.15. The van der Waals surface area contributed by atoms with Crippen LogP contribution >= 0.6 is 27.5 Å². The highest BCUT2D eigenvalue weighted by Crippen LogP contribution is 2.35. The van der Waals surface area contributed by atoms with Gasteiger partial charge >= 0.3 is 0 Å². The average molecular weight is 595 g/mol. The zero-order valence-electron chi connectivity index (χ0n) is 18.9. The summed E-state index contributed by atoms with van der Waals surface area (Å²) in [6, 6.07) is 13.4. The van der Waals surface area contributed by atoms with Gasteiger partial charge in [-0.05, 0) is 70.9 Å². The molecule has 3 aromatic rings. The number of benzene rings is 3. The van der Waals surface area contributed by atoms with Crippen molar-refractivity contribution < 1.29 is 27.1 Å². The number of hydrogen-bond acceptors (Lipinski definition) is 6. The smallest absolute Gasteiger partial charge is 0.264 e. The molecule has 12 heteroatoms. The van der Waals surface area contributed by atoms with Gasteiger partial charge in [0.1, 0.15) is 5.75 Å². The monoisotopic (exact) mass is 593 g/mol. The van der Waals surface area contributed by atoms with Crippen molar-refractivity contribution in [2.45, 2.75) is 13.3 Å². The van der Waals surface area contributed by atoms with Crippen molar-refractivity contribution in [1.82, 2.24) is 4.72 Å². The van der Waals surface area contributed by atoms with Crippen LogP contribution in [0.3, 0.4) is 0 Å². The topological polar surface area (TPSA) is 125 Å². The Hall–Kier alpha value is -3.46. The van der Waals surface area contributed by atoms with E-state index >= 15 is 4.39 Å². The predicted octanol–water partition coefficient (Wildman–Crippen LogP) is 5.08. The largest absolute Gasteiger partial charge is 0.453 e. The van der Waals surface area contributed by atoms with Gasteiger partial charge in [-0.2, -0.15) is 5.26 Å². The standard InChI is InChI=1S/C24H18BrClFN3O5S/c1-13-7-16(24(32)30-36(2,33)34)4-6-20(13)29-21(31)10-15-3-5-19(25)23(22(15)27)35-18-9-14(12-28)8-17(26)11-18/h3-9,11H,10H2,1-2H3,(H,29,31)(H,30,32). The molecule has 0 aliphatic rings. The summed E-state index contributed by atoms with van der Waals surface area (Å²) in [6.07, 6.45) is 0.535. The lowest BCUT2D eigenvalue weighted by atomic mass is 10.1. The minimum Gasteiger partial charge on any atom is -0.453 e. The van der Waals surface area contributed by atoms with Crippen molar-refractivity contribution in [3.8, 4) is 17.6 Å². The molecular formula is C24H18BrClFN3O5S. The van der Waals surface area contributed by atoms with Crippen molar-refractivity contribution >= 4 is 55.1 Å². The van der Waals surface area contributed by atoms with Gasteiger partial charge in [0.05, 0.1) is 28.8 Å². The quantitative estimate of drug-likeness (QED) is 0.393. The molecule has 2 amide bonds. The van der Waals surface area contributed by atoms with Crippen LogP contribution in [0.2, 0.25) is 5.02 Å². The van der Waals surface area contributed by atoms with Crippen LogP contribution in [0.1, 0.15) is 27.0 Å². The molecule has 0 aliphatic heterocycles. The molecule has 0 saturated heterocycles. The summed E-state index contributed by atoms with van der Waals surface area (Å²) in [5, 5.41) is 12.0. The van der Waals surface area contributed by atoms with E-state index in [1.807, 2.05) is 10.8 Å². The maximum absolute atomic E-state index is 15.2. The first-order valence-electron chi connectivity index (χ1n) is 10.1. The van der Waals surface area contributed by atoms with E-state index in [1.54, 1.807) is 6.92 Å². The lowest BCUT2D eigenvalue weighted by molar-refractivity contribution is -0.115. The van der Waals surface area contributed by atoms with Crippen LogP contribution in [0, 0.1) is 24.1 Å². The molecule has 0 spiro atoms. The number of nitriles is 1. The van der Waals surface area contributed by atoms with Crippen LogP contribution in [0.25, 0.3) is 0 Å². The molecule has 3 aromatic carbocycles. The fourth-order valence-corrected chi connectivity index (χ4v) is 4.21. The first-order chi connectivity index (χ1) is 16.9. The molecule has 0 heterocycles. The molecule has 2 N–H and O–H groups in total. The van der Waals surface area contributed by atoms with E-state index in [0.29, 0.717) is 15.7 Å². The Bertz CT molecular complexity index is 1520. The molecule has 0 radical (unpaired) electrons. The molecule has 0 unspecified atom stereocenters. The third-order valence-electron chi connectivity index (χ3n) is 4.74. The summed E-state index contributed by atoms with van der Waals surface area (Å²) < 4.78 is 45.5. The summed E-state index contributed by atoms with van der Waals surface area (Å²) >= 11 is 9.21. The van der Waals surface area contributed by atoms with E-state index in [4.69, 9.17) is 21.6 Å². The normalized spacial score (nSPS) is 10.9. The number of carbonyl (C=O) groups excluding carboxylic acids is 2. The second kappa shape index (κ2) is 11.1. The summed E-state index contributed by atoms with van der Waals surface area (Å²) in [7, 11) is -3.72. The van der Waals surface area contributed by atoms with Gasteiger partial charge in [0.2, 0.25) is 15.9 Å². The first kappa shape index (κ1) is 27.1. The Labute approximate surface area is 220 Å². The number of amides is 2. The van der Waals surface area contributed by atoms with Gasteiger partial charge in [-0.1, -0.05) is 17.7 Å². The van der Waals surface area contributed by atoms with Gasteiger partial charge in [0, 0.05) is 21.8 Å². The third kappa shape index (κ3) is 7.04. The van der Waals surface area contributed by atoms with Crippen LogP contribution in [0.5, 0.6) is 11.5 Å². The molecule has 0 saturated carbocycles. The zero-order valence-corrected chi connectivity index (χ0v) is 22.0. The van der Waals surface area contributed by atoms with Crippen LogP contribution in [-0.2, 0) is 21.2 Å². The van der Waals surface area contributed by atoms with Gasteiger partial charge < -0.3 is 10.1 Å². The SMILES string of the molecule is Cc1cc(C(=O)NS(C)(=O)=O)ccc1NC(=O)Cc1ccc(Br)c(Oc2cc(Cl)cc(C#N)c2)c1F. The molecule has 0 aromatic heterocycles. The Balaban J connectivity index is 1.77. The second-order valence-corrected chi connectivity index (χ2v) is 10.7. The third-order valence-corrected chi connectivity index (χ3v) is 6.14. The second-order valence-electron chi connectivity index (χ2n) is 7.70. The molecule has 0 aliphatic carbocycles. The molecule has 186 valence electrons. The van der Waals surface area contributed by atoms with Crippen LogP contribution in [-0.4, -0.2) is 26.5 Å². The Morgan fingerprint density at radius 2 is 1.89 bits per heavy atom. The van der Waals surface area contributed by atoms with E-state index in [9.17, 15) is 18.0 Å². The number of anilines is 1. The van der Waals surface area contributed by atoms with Crippen molar-refractivity contribution in [2.24, 2.45) is 0 Å². The predicted molar refractivity (Wildman–Crippen MR) is 136 cm³/mol. The molecule has 36 heavy (non-hydrogen) atoms. The molecular weight excluding hydrogens is 577 g/mol. The van der Waals surface area contributed by atoms with Crippen molar-refractivity contribution in [3.63, 3.8) is 0 Å². The molecule has 0 bridgehead atoms. The zero-order chi connectivity index (χ0) is 26.6. The lowest BCUT2D eigenvalue weighted by Gasteiger charge is -2.13. The number of sulfonamides is 1.